The third-order valence-electron chi connectivity index (χ3n) is 3.68. The summed E-state index contributed by atoms with van der Waals surface area (Å²) in [5.41, 5.74) is 6.74. The van der Waals surface area contributed by atoms with Crippen LogP contribution in [0.2, 0.25) is 0 Å². The third-order valence-corrected chi connectivity index (χ3v) is 4.51. The van der Waals surface area contributed by atoms with Gasteiger partial charge in [0.2, 0.25) is 0 Å². The van der Waals surface area contributed by atoms with E-state index in [1.807, 2.05) is 6.92 Å². The van der Waals surface area contributed by atoms with Gasteiger partial charge in [-0.3, -0.25) is 4.90 Å². The predicted molar refractivity (Wildman–Crippen MR) is 83.5 cm³/mol. The SMILES string of the molecule is Cc1nc(N2CCN(CC(C)CN)CC2)ccc1Br. The summed E-state index contributed by atoms with van der Waals surface area (Å²) in [7, 11) is 0. The van der Waals surface area contributed by atoms with Crippen LogP contribution in [0.1, 0.15) is 12.6 Å². The van der Waals surface area contributed by atoms with Gasteiger partial charge >= 0.3 is 0 Å². The van der Waals surface area contributed by atoms with Crippen molar-refractivity contribution in [1.29, 1.82) is 0 Å². The number of aromatic nitrogens is 1. The summed E-state index contributed by atoms with van der Waals surface area (Å²) in [6.07, 6.45) is 0. The second-order valence-corrected chi connectivity index (χ2v) is 6.22. The molecule has 0 aromatic carbocycles. The van der Waals surface area contributed by atoms with Gasteiger partial charge in [-0.25, -0.2) is 4.98 Å². The Labute approximate surface area is 124 Å². The molecule has 1 aliphatic heterocycles. The van der Waals surface area contributed by atoms with E-state index in [0.29, 0.717) is 5.92 Å². The van der Waals surface area contributed by atoms with E-state index in [1.165, 1.54) is 0 Å². The van der Waals surface area contributed by atoms with Gasteiger partial charge in [0.05, 0.1) is 5.69 Å². The summed E-state index contributed by atoms with van der Waals surface area (Å²) in [4.78, 5) is 9.50. The highest BCUT2D eigenvalue weighted by atomic mass is 79.9. The molecule has 1 saturated heterocycles. The molecule has 1 aromatic rings. The van der Waals surface area contributed by atoms with Crippen LogP contribution in [0.25, 0.3) is 0 Å². The minimum absolute atomic E-state index is 0.583. The Balaban J connectivity index is 1.90. The highest BCUT2D eigenvalue weighted by Gasteiger charge is 2.19. The van der Waals surface area contributed by atoms with Crippen molar-refractivity contribution in [1.82, 2.24) is 9.88 Å². The summed E-state index contributed by atoms with van der Waals surface area (Å²) in [6.45, 7) is 10.4. The van der Waals surface area contributed by atoms with Gasteiger partial charge in [-0.15, -0.1) is 0 Å². The minimum Gasteiger partial charge on any atom is -0.354 e. The van der Waals surface area contributed by atoms with Gasteiger partial charge in [-0.2, -0.15) is 0 Å². The molecule has 1 aromatic heterocycles. The first-order valence-corrected chi connectivity index (χ1v) is 7.70. The van der Waals surface area contributed by atoms with E-state index in [4.69, 9.17) is 5.73 Å². The van der Waals surface area contributed by atoms with Gasteiger partial charge in [-0.05, 0) is 47.4 Å². The molecule has 106 valence electrons. The molecule has 0 spiro atoms. The Morgan fingerprint density at radius 3 is 2.58 bits per heavy atom. The second kappa shape index (κ2) is 6.68. The van der Waals surface area contributed by atoms with E-state index in [0.717, 1.165) is 55.3 Å². The molecular weight excluding hydrogens is 304 g/mol. The molecule has 2 rings (SSSR count). The Bertz CT molecular complexity index is 416. The van der Waals surface area contributed by atoms with Crippen molar-refractivity contribution in [3.05, 3.63) is 22.3 Å². The number of nitrogens with zero attached hydrogens (tertiary/aromatic N) is 3. The summed E-state index contributed by atoms with van der Waals surface area (Å²) < 4.78 is 1.08. The molecule has 0 radical (unpaired) electrons. The van der Waals surface area contributed by atoms with Crippen LogP contribution in [0.4, 0.5) is 5.82 Å². The van der Waals surface area contributed by atoms with Crippen LogP contribution < -0.4 is 10.6 Å². The van der Waals surface area contributed by atoms with E-state index in [2.05, 4.69) is 49.8 Å². The van der Waals surface area contributed by atoms with Crippen LogP contribution in [0.5, 0.6) is 0 Å². The predicted octanol–water partition coefficient (Wildman–Crippen LogP) is 1.87. The van der Waals surface area contributed by atoms with Crippen molar-refractivity contribution >= 4 is 21.7 Å². The number of anilines is 1. The zero-order valence-electron chi connectivity index (χ0n) is 11.8. The zero-order chi connectivity index (χ0) is 13.8. The molecule has 1 fully saturated rings. The summed E-state index contributed by atoms with van der Waals surface area (Å²) in [5, 5.41) is 0. The van der Waals surface area contributed by atoms with Crippen LogP contribution in [0.15, 0.2) is 16.6 Å². The van der Waals surface area contributed by atoms with E-state index in [1.54, 1.807) is 0 Å². The van der Waals surface area contributed by atoms with Crippen LogP contribution in [-0.2, 0) is 0 Å². The van der Waals surface area contributed by atoms with Gasteiger partial charge in [0.25, 0.3) is 0 Å². The molecule has 2 N–H and O–H groups in total. The van der Waals surface area contributed by atoms with Crippen molar-refractivity contribution in [3.8, 4) is 0 Å². The molecule has 0 aliphatic carbocycles. The zero-order valence-corrected chi connectivity index (χ0v) is 13.4. The van der Waals surface area contributed by atoms with Gasteiger partial charge in [0.15, 0.2) is 0 Å². The van der Waals surface area contributed by atoms with E-state index < -0.39 is 0 Å². The fourth-order valence-electron chi connectivity index (χ4n) is 2.38. The molecule has 19 heavy (non-hydrogen) atoms. The lowest BCUT2D eigenvalue weighted by Crippen LogP contribution is -2.48. The average molecular weight is 327 g/mol. The molecule has 1 unspecified atom stereocenters. The van der Waals surface area contributed by atoms with Crippen LogP contribution in [0.3, 0.4) is 0 Å². The van der Waals surface area contributed by atoms with Crippen LogP contribution >= 0.6 is 15.9 Å². The number of rotatable bonds is 4. The highest BCUT2D eigenvalue weighted by molar-refractivity contribution is 9.10. The van der Waals surface area contributed by atoms with Crippen LogP contribution in [-0.4, -0.2) is 49.2 Å². The first kappa shape index (κ1) is 14.8. The summed E-state index contributed by atoms with van der Waals surface area (Å²) in [6, 6.07) is 4.18. The molecule has 0 amide bonds. The molecule has 0 saturated carbocycles. The lowest BCUT2D eigenvalue weighted by atomic mass is 10.1. The highest BCUT2D eigenvalue weighted by Crippen LogP contribution is 2.20. The maximum absolute atomic E-state index is 5.69. The molecule has 1 atom stereocenters. The van der Waals surface area contributed by atoms with Gasteiger partial charge in [-0.1, -0.05) is 6.92 Å². The van der Waals surface area contributed by atoms with E-state index in [-0.39, 0.29) is 0 Å². The quantitative estimate of drug-likeness (QED) is 0.917. The Morgan fingerprint density at radius 2 is 2.00 bits per heavy atom. The maximum atomic E-state index is 5.69. The normalized spacial score (nSPS) is 18.6. The molecule has 2 heterocycles. The number of aryl methyl sites for hydroxylation is 1. The average Bonchev–Trinajstić information content (AvgIpc) is 2.42. The minimum atomic E-state index is 0.583. The first-order chi connectivity index (χ1) is 9.10. The number of hydrogen-bond acceptors (Lipinski definition) is 4. The Morgan fingerprint density at radius 1 is 1.32 bits per heavy atom. The van der Waals surface area contributed by atoms with Gasteiger partial charge in [0, 0.05) is 37.2 Å². The molecule has 1 aliphatic rings. The third kappa shape index (κ3) is 3.91. The monoisotopic (exact) mass is 326 g/mol. The number of nitrogens with two attached hydrogens (primary N) is 1. The largest absolute Gasteiger partial charge is 0.354 e. The van der Waals surface area contributed by atoms with Crippen LogP contribution in [0, 0.1) is 12.8 Å². The molecule has 5 heteroatoms. The number of piperazine rings is 1. The standard InChI is InChI=1S/C14H23BrN4/c1-11(9-16)10-18-5-7-19(8-6-18)14-4-3-13(15)12(2)17-14/h3-4,11H,5-10,16H2,1-2H3. The fraction of sp³-hybridized carbons (Fsp3) is 0.643. The molecule has 0 bridgehead atoms. The van der Waals surface area contributed by atoms with Crippen molar-refractivity contribution < 1.29 is 0 Å². The Kier molecular flexibility index (Phi) is 5.19. The van der Waals surface area contributed by atoms with Gasteiger partial charge < -0.3 is 10.6 Å². The van der Waals surface area contributed by atoms with E-state index in [9.17, 15) is 0 Å². The number of halogens is 1. The second-order valence-electron chi connectivity index (χ2n) is 5.37. The summed E-state index contributed by atoms with van der Waals surface area (Å²) >= 11 is 3.50. The molecule has 4 nitrogen and oxygen atoms in total. The Hall–Kier alpha value is -0.650. The lowest BCUT2D eigenvalue weighted by Gasteiger charge is -2.36. The smallest absolute Gasteiger partial charge is 0.128 e. The summed E-state index contributed by atoms with van der Waals surface area (Å²) in [5.74, 6) is 1.67. The van der Waals surface area contributed by atoms with Crippen molar-refractivity contribution in [2.24, 2.45) is 11.7 Å². The number of hydrogen-bond donors (Lipinski definition) is 1. The van der Waals surface area contributed by atoms with Gasteiger partial charge in [0.1, 0.15) is 5.82 Å². The maximum Gasteiger partial charge on any atom is 0.128 e. The van der Waals surface area contributed by atoms with Crippen molar-refractivity contribution in [2.75, 3.05) is 44.2 Å². The van der Waals surface area contributed by atoms with E-state index >= 15 is 0 Å². The van der Waals surface area contributed by atoms with Crippen molar-refractivity contribution in [2.45, 2.75) is 13.8 Å². The van der Waals surface area contributed by atoms with Crippen molar-refractivity contribution in [3.63, 3.8) is 0 Å². The first-order valence-electron chi connectivity index (χ1n) is 6.90. The lowest BCUT2D eigenvalue weighted by molar-refractivity contribution is 0.227. The fourth-order valence-corrected chi connectivity index (χ4v) is 2.60. The molecular formula is C14H23BrN4. The topological polar surface area (TPSA) is 45.4 Å². The number of pyridine rings is 1.